The largest absolute Gasteiger partial charge is 0.488 e. The number of amides is 3. The molecule has 1 heterocycles. The lowest BCUT2D eigenvalue weighted by molar-refractivity contribution is -0.384. The number of imide groups is 1. The van der Waals surface area contributed by atoms with Crippen LogP contribution in [0.5, 0.6) is 5.75 Å². The van der Waals surface area contributed by atoms with Gasteiger partial charge in [-0.2, -0.15) is 0 Å². The van der Waals surface area contributed by atoms with E-state index >= 15 is 0 Å². The number of hydrogen-bond acceptors (Lipinski definition) is 5. The van der Waals surface area contributed by atoms with E-state index in [1.807, 2.05) is 0 Å². The van der Waals surface area contributed by atoms with Crippen LogP contribution in [0.25, 0.3) is 6.08 Å². The molecule has 9 heteroatoms. The number of para-hydroxylation sites is 1. The fourth-order valence-corrected chi connectivity index (χ4v) is 3.25. The highest BCUT2D eigenvalue weighted by molar-refractivity contribution is 6.31. The van der Waals surface area contributed by atoms with Crippen molar-refractivity contribution in [1.82, 2.24) is 5.32 Å². The average Bonchev–Trinajstić information content (AvgIpc) is 3.07. The van der Waals surface area contributed by atoms with Crippen molar-refractivity contribution in [2.24, 2.45) is 0 Å². The molecular weight excluding hydrogens is 434 g/mol. The molecule has 8 nitrogen and oxygen atoms in total. The Labute approximate surface area is 187 Å². The number of ether oxygens (including phenoxy) is 1. The third kappa shape index (κ3) is 4.45. The molecule has 160 valence electrons. The molecule has 0 spiro atoms. The molecule has 0 aromatic heterocycles. The second kappa shape index (κ2) is 8.91. The Balaban J connectivity index is 1.53. The maximum atomic E-state index is 12.8. The van der Waals surface area contributed by atoms with Crippen molar-refractivity contribution in [3.05, 3.63) is 105 Å². The van der Waals surface area contributed by atoms with Gasteiger partial charge in [0.1, 0.15) is 18.1 Å². The summed E-state index contributed by atoms with van der Waals surface area (Å²) in [6.45, 7) is 0.176. The van der Waals surface area contributed by atoms with E-state index in [2.05, 4.69) is 5.32 Å². The molecule has 0 saturated carbocycles. The Morgan fingerprint density at radius 2 is 1.69 bits per heavy atom. The first kappa shape index (κ1) is 21.1. The maximum absolute atomic E-state index is 12.8. The number of nitrogens with one attached hydrogen (secondary N) is 1. The number of urea groups is 1. The van der Waals surface area contributed by atoms with Crippen molar-refractivity contribution in [1.29, 1.82) is 0 Å². The van der Waals surface area contributed by atoms with E-state index in [1.54, 1.807) is 66.7 Å². The number of nitro benzene ring substituents is 1. The van der Waals surface area contributed by atoms with E-state index in [-0.39, 0.29) is 18.0 Å². The zero-order valence-corrected chi connectivity index (χ0v) is 17.3. The molecular formula is C23H16ClN3O5. The second-order valence-electron chi connectivity index (χ2n) is 6.86. The molecule has 0 atom stereocenters. The lowest BCUT2D eigenvalue weighted by Gasteiger charge is -2.11. The van der Waals surface area contributed by atoms with Crippen molar-refractivity contribution in [3.8, 4) is 5.75 Å². The molecule has 1 aliphatic heterocycles. The molecule has 1 aliphatic rings. The summed E-state index contributed by atoms with van der Waals surface area (Å²) < 4.78 is 5.85. The first-order chi connectivity index (χ1) is 15.4. The summed E-state index contributed by atoms with van der Waals surface area (Å²) in [5.74, 6) is -0.00663. The molecule has 3 aromatic carbocycles. The summed E-state index contributed by atoms with van der Waals surface area (Å²) in [6, 6.07) is 18.9. The molecule has 0 aliphatic carbocycles. The third-order valence-corrected chi connectivity index (χ3v) is 4.98. The molecule has 3 amide bonds. The molecule has 0 bridgehead atoms. The van der Waals surface area contributed by atoms with Crippen LogP contribution in [0.1, 0.15) is 11.1 Å². The van der Waals surface area contributed by atoms with Crippen molar-refractivity contribution >= 4 is 41.0 Å². The van der Waals surface area contributed by atoms with Crippen LogP contribution in [0.2, 0.25) is 5.02 Å². The Hall–Kier alpha value is -4.17. The smallest absolute Gasteiger partial charge is 0.333 e. The normalized spacial score (nSPS) is 14.5. The Bertz CT molecular complexity index is 1220. The van der Waals surface area contributed by atoms with Gasteiger partial charge >= 0.3 is 6.03 Å². The summed E-state index contributed by atoms with van der Waals surface area (Å²) in [6.07, 6.45) is 1.54. The van der Waals surface area contributed by atoms with Gasteiger partial charge in [-0.25, -0.2) is 9.69 Å². The van der Waals surface area contributed by atoms with E-state index in [1.165, 1.54) is 12.1 Å². The van der Waals surface area contributed by atoms with Gasteiger partial charge in [-0.05, 0) is 54.1 Å². The van der Waals surface area contributed by atoms with Gasteiger partial charge in [-0.3, -0.25) is 14.9 Å². The van der Waals surface area contributed by atoms with Gasteiger partial charge in [0, 0.05) is 22.7 Å². The minimum Gasteiger partial charge on any atom is -0.488 e. The van der Waals surface area contributed by atoms with Crippen LogP contribution in [0, 0.1) is 10.1 Å². The van der Waals surface area contributed by atoms with Gasteiger partial charge in [0.25, 0.3) is 11.6 Å². The average molecular weight is 450 g/mol. The molecule has 1 N–H and O–H groups in total. The summed E-state index contributed by atoms with van der Waals surface area (Å²) in [5.41, 5.74) is 1.85. The Kier molecular flexibility index (Phi) is 5.87. The first-order valence-electron chi connectivity index (χ1n) is 9.50. The van der Waals surface area contributed by atoms with E-state index in [4.69, 9.17) is 16.3 Å². The number of nitro groups is 1. The molecule has 4 rings (SSSR count). The van der Waals surface area contributed by atoms with Crippen molar-refractivity contribution in [3.63, 3.8) is 0 Å². The summed E-state index contributed by atoms with van der Waals surface area (Å²) >= 11 is 5.88. The maximum Gasteiger partial charge on any atom is 0.333 e. The number of benzene rings is 3. The number of nitrogens with zero attached hydrogens (tertiary/aromatic N) is 2. The van der Waals surface area contributed by atoms with Crippen LogP contribution < -0.4 is 15.0 Å². The molecule has 3 aromatic rings. The number of rotatable bonds is 6. The lowest BCUT2D eigenvalue weighted by Crippen LogP contribution is -2.30. The number of carbonyl (C=O) groups excluding carboxylic acids is 2. The van der Waals surface area contributed by atoms with Gasteiger partial charge < -0.3 is 10.1 Å². The fraction of sp³-hybridized carbons (Fsp3) is 0.0435. The predicted molar refractivity (Wildman–Crippen MR) is 119 cm³/mol. The highest BCUT2D eigenvalue weighted by atomic mass is 35.5. The molecule has 0 radical (unpaired) electrons. The minimum atomic E-state index is -0.562. The monoisotopic (exact) mass is 449 g/mol. The number of anilines is 1. The molecule has 1 fully saturated rings. The topological polar surface area (TPSA) is 102 Å². The zero-order chi connectivity index (χ0) is 22.7. The van der Waals surface area contributed by atoms with Gasteiger partial charge in [-0.1, -0.05) is 29.8 Å². The Morgan fingerprint density at radius 3 is 2.38 bits per heavy atom. The summed E-state index contributed by atoms with van der Waals surface area (Å²) in [5, 5.41) is 13.9. The minimum absolute atomic E-state index is 0.000359. The van der Waals surface area contributed by atoms with E-state index in [0.717, 1.165) is 10.5 Å². The first-order valence-corrected chi connectivity index (χ1v) is 9.88. The predicted octanol–water partition coefficient (Wildman–Crippen LogP) is 4.92. The lowest BCUT2D eigenvalue weighted by atomic mass is 10.1. The van der Waals surface area contributed by atoms with Crippen LogP contribution in [-0.4, -0.2) is 16.9 Å². The van der Waals surface area contributed by atoms with Crippen LogP contribution in [-0.2, 0) is 11.4 Å². The van der Waals surface area contributed by atoms with E-state index < -0.39 is 16.9 Å². The second-order valence-corrected chi connectivity index (χ2v) is 7.29. The van der Waals surface area contributed by atoms with Gasteiger partial charge in [-0.15, -0.1) is 0 Å². The van der Waals surface area contributed by atoms with Crippen LogP contribution >= 0.6 is 11.6 Å². The number of halogens is 1. The van der Waals surface area contributed by atoms with Gasteiger partial charge in [0.05, 0.1) is 10.6 Å². The Morgan fingerprint density at radius 1 is 1.00 bits per heavy atom. The van der Waals surface area contributed by atoms with Gasteiger partial charge in [0.2, 0.25) is 0 Å². The van der Waals surface area contributed by atoms with Crippen LogP contribution in [0.3, 0.4) is 0 Å². The van der Waals surface area contributed by atoms with Gasteiger partial charge in [0.15, 0.2) is 0 Å². The van der Waals surface area contributed by atoms with Crippen LogP contribution in [0.4, 0.5) is 16.2 Å². The van der Waals surface area contributed by atoms with Crippen molar-refractivity contribution in [2.75, 3.05) is 4.90 Å². The summed E-state index contributed by atoms with van der Waals surface area (Å²) in [7, 11) is 0. The number of hydrogen-bond donors (Lipinski definition) is 1. The van der Waals surface area contributed by atoms with Crippen molar-refractivity contribution < 1.29 is 19.2 Å². The zero-order valence-electron chi connectivity index (χ0n) is 16.5. The molecule has 0 unspecified atom stereocenters. The highest BCUT2D eigenvalue weighted by Crippen LogP contribution is 2.27. The van der Waals surface area contributed by atoms with Crippen molar-refractivity contribution in [2.45, 2.75) is 6.61 Å². The quantitative estimate of drug-likeness (QED) is 0.249. The third-order valence-electron chi connectivity index (χ3n) is 4.72. The highest BCUT2D eigenvalue weighted by Gasteiger charge is 2.35. The molecule has 32 heavy (non-hydrogen) atoms. The SMILES string of the molecule is O=C1N/C(=C/c2ccccc2OCc2ccc([N+](=O)[O-])cc2)C(=O)N1c1ccc(Cl)cc1. The van der Waals surface area contributed by atoms with E-state index in [0.29, 0.717) is 22.0 Å². The van der Waals surface area contributed by atoms with E-state index in [9.17, 15) is 19.7 Å². The molecule has 1 saturated heterocycles. The van der Waals surface area contributed by atoms with Crippen LogP contribution in [0.15, 0.2) is 78.5 Å². The number of non-ortho nitro benzene ring substituents is 1. The summed E-state index contributed by atoms with van der Waals surface area (Å²) in [4.78, 5) is 36.6. The number of carbonyl (C=O) groups is 2. The standard InChI is InChI=1S/C23H16ClN3O5/c24-17-7-11-18(12-8-17)26-22(28)20(25-23(26)29)13-16-3-1-2-4-21(16)32-14-15-5-9-19(10-6-15)27(30)31/h1-13H,14H2,(H,25,29)/b20-13+. The fourth-order valence-electron chi connectivity index (χ4n) is 3.12.